The molecule has 0 unspecified atom stereocenters. The second-order valence-corrected chi connectivity index (χ2v) is 9.19. The summed E-state index contributed by atoms with van der Waals surface area (Å²) in [5.74, 6) is 0. The van der Waals surface area contributed by atoms with E-state index in [1.807, 2.05) is 32.9 Å². The van der Waals surface area contributed by atoms with Gasteiger partial charge in [-0.25, -0.2) is 9.69 Å². The normalized spacial score (nSPS) is 27.5. The Labute approximate surface area is 146 Å². The van der Waals surface area contributed by atoms with Crippen LogP contribution in [0.25, 0.3) is 0 Å². The lowest BCUT2D eigenvalue weighted by molar-refractivity contribution is 0.0414. The number of carbonyl (C=O) groups is 1. The summed E-state index contributed by atoms with van der Waals surface area (Å²) in [6.45, 7) is 6.27. The van der Waals surface area contributed by atoms with Crippen LogP contribution in [0.4, 0.5) is 10.5 Å². The van der Waals surface area contributed by atoms with Crippen LogP contribution in [0.3, 0.4) is 0 Å². The molecule has 0 spiro atoms. The summed E-state index contributed by atoms with van der Waals surface area (Å²) >= 11 is 5.93. The molecule has 1 aromatic carbocycles. The Morgan fingerprint density at radius 3 is 2.90 bits per heavy atom. The zero-order chi connectivity index (χ0) is 15.4. The molecule has 2 atom stereocenters. The summed E-state index contributed by atoms with van der Waals surface area (Å²) in [5.41, 5.74) is 1.49. The van der Waals surface area contributed by atoms with Crippen LogP contribution < -0.4 is 4.90 Å². The maximum Gasteiger partial charge on any atom is 0.417 e. The number of ether oxygens (including phenoxy) is 2. The molecule has 6 heteroatoms. The van der Waals surface area contributed by atoms with E-state index in [2.05, 4.69) is 44.6 Å². The number of halogens is 2. The number of hydrogen-bond acceptors (Lipinski definition) is 3. The van der Waals surface area contributed by atoms with Crippen molar-refractivity contribution in [2.45, 2.75) is 42.4 Å². The highest BCUT2D eigenvalue weighted by Crippen LogP contribution is 2.56. The van der Waals surface area contributed by atoms with Crippen molar-refractivity contribution in [2.75, 3.05) is 11.5 Å². The molecule has 2 aliphatic heterocycles. The largest absolute Gasteiger partial charge is 0.443 e. The molecule has 0 aliphatic carbocycles. The van der Waals surface area contributed by atoms with Crippen LogP contribution in [-0.2, 0) is 12.9 Å². The Hall–Kier alpha value is -0.340. The number of fused-ring (bicyclic) bond motifs is 3. The quantitative estimate of drug-likeness (QED) is 0.415. The van der Waals surface area contributed by atoms with Crippen molar-refractivity contribution >= 4 is 50.3 Å². The van der Waals surface area contributed by atoms with E-state index in [1.54, 1.807) is 4.90 Å². The second kappa shape index (κ2) is 5.09. The molecule has 114 valence electrons. The minimum atomic E-state index is -0.526. The van der Waals surface area contributed by atoms with Crippen molar-refractivity contribution in [2.24, 2.45) is 0 Å². The molecule has 2 aliphatic rings. The highest BCUT2D eigenvalue weighted by Gasteiger charge is 2.56. The molecule has 0 saturated carbocycles. The first-order valence-corrected chi connectivity index (χ1v) is 8.72. The Morgan fingerprint density at radius 1 is 1.52 bits per heavy atom. The van der Waals surface area contributed by atoms with Gasteiger partial charge in [0.15, 0.2) is 6.23 Å². The standard InChI is InChI=1S/C15H17BrINO3/c1-14(2,3)21-13(19)18-11-5-4-9(16)8-10(11)15(17)6-7-20-12(15)18/h4-5,8,12H,6-7H2,1-3H3/t12-,15+/m0/s1. The molecule has 0 bridgehead atoms. The molecule has 21 heavy (non-hydrogen) atoms. The van der Waals surface area contributed by atoms with Gasteiger partial charge < -0.3 is 9.47 Å². The molecule has 0 N–H and O–H groups in total. The van der Waals surface area contributed by atoms with Gasteiger partial charge in [0.25, 0.3) is 0 Å². The third-order valence-electron chi connectivity index (χ3n) is 3.62. The fraction of sp³-hybridized carbons (Fsp3) is 0.533. The van der Waals surface area contributed by atoms with Gasteiger partial charge >= 0.3 is 6.09 Å². The van der Waals surface area contributed by atoms with Gasteiger partial charge in [-0.15, -0.1) is 0 Å². The van der Waals surface area contributed by atoms with Gasteiger partial charge in [0.05, 0.1) is 15.7 Å². The molecule has 0 aromatic heterocycles. The third-order valence-corrected chi connectivity index (χ3v) is 5.77. The first-order valence-electron chi connectivity index (χ1n) is 6.85. The smallest absolute Gasteiger partial charge is 0.417 e. The van der Waals surface area contributed by atoms with Crippen LogP contribution in [-0.4, -0.2) is 24.5 Å². The fourth-order valence-corrected chi connectivity index (χ4v) is 4.28. The van der Waals surface area contributed by atoms with Gasteiger partial charge in [-0.05, 0) is 51.0 Å². The second-order valence-electron chi connectivity index (χ2n) is 6.35. The number of hydrogen-bond donors (Lipinski definition) is 0. The van der Waals surface area contributed by atoms with Gasteiger partial charge in [0.1, 0.15) is 5.60 Å². The predicted molar refractivity (Wildman–Crippen MR) is 92.9 cm³/mol. The number of carbonyl (C=O) groups excluding carboxylic acids is 1. The summed E-state index contributed by atoms with van der Waals surface area (Å²) in [5, 5.41) is 0. The highest BCUT2D eigenvalue weighted by molar-refractivity contribution is 14.1. The number of anilines is 1. The van der Waals surface area contributed by atoms with E-state index in [9.17, 15) is 4.79 Å². The Balaban J connectivity index is 2.04. The average Bonchev–Trinajstić information content (AvgIpc) is 2.81. The van der Waals surface area contributed by atoms with Crippen molar-refractivity contribution in [3.05, 3.63) is 28.2 Å². The van der Waals surface area contributed by atoms with Crippen molar-refractivity contribution in [3.8, 4) is 0 Å². The van der Waals surface area contributed by atoms with Crippen LogP contribution in [0, 0.1) is 0 Å². The van der Waals surface area contributed by atoms with E-state index >= 15 is 0 Å². The molecule has 0 radical (unpaired) electrons. The minimum Gasteiger partial charge on any atom is -0.443 e. The first kappa shape index (κ1) is 15.6. The van der Waals surface area contributed by atoms with Crippen LogP contribution >= 0.6 is 38.5 Å². The van der Waals surface area contributed by atoms with Gasteiger partial charge in [-0.3, -0.25) is 0 Å². The highest BCUT2D eigenvalue weighted by atomic mass is 127. The average molecular weight is 466 g/mol. The molecule has 4 nitrogen and oxygen atoms in total. The van der Waals surface area contributed by atoms with Crippen LogP contribution in [0.2, 0.25) is 0 Å². The van der Waals surface area contributed by atoms with E-state index in [4.69, 9.17) is 9.47 Å². The molecular weight excluding hydrogens is 449 g/mol. The maximum atomic E-state index is 12.6. The van der Waals surface area contributed by atoms with E-state index < -0.39 is 5.60 Å². The Morgan fingerprint density at radius 2 is 2.24 bits per heavy atom. The SMILES string of the molecule is CC(C)(C)OC(=O)N1c2ccc(Br)cc2[C@]2(I)CCO[C@H]12. The van der Waals surface area contributed by atoms with Crippen molar-refractivity contribution in [3.63, 3.8) is 0 Å². The molecular formula is C15H17BrINO3. The number of alkyl halides is 1. The topological polar surface area (TPSA) is 38.8 Å². The lowest BCUT2D eigenvalue weighted by Crippen LogP contribution is -2.45. The zero-order valence-electron chi connectivity index (χ0n) is 12.2. The van der Waals surface area contributed by atoms with Crippen molar-refractivity contribution in [1.29, 1.82) is 0 Å². The van der Waals surface area contributed by atoms with Gasteiger partial charge in [-0.1, -0.05) is 38.5 Å². The van der Waals surface area contributed by atoms with Crippen molar-refractivity contribution in [1.82, 2.24) is 0 Å². The van der Waals surface area contributed by atoms with E-state index in [-0.39, 0.29) is 15.7 Å². The van der Waals surface area contributed by atoms with Gasteiger partial charge in [0.2, 0.25) is 0 Å². The van der Waals surface area contributed by atoms with E-state index in [0.29, 0.717) is 6.61 Å². The zero-order valence-corrected chi connectivity index (χ0v) is 15.9. The van der Waals surface area contributed by atoms with Crippen molar-refractivity contribution < 1.29 is 14.3 Å². The van der Waals surface area contributed by atoms with Crippen LogP contribution in [0.15, 0.2) is 22.7 Å². The van der Waals surface area contributed by atoms with Gasteiger partial charge in [-0.2, -0.15) is 0 Å². The number of amides is 1. The lowest BCUT2D eigenvalue weighted by atomic mass is 9.99. The summed E-state index contributed by atoms with van der Waals surface area (Å²) < 4.78 is 12.2. The summed E-state index contributed by atoms with van der Waals surface area (Å²) in [7, 11) is 0. The molecule has 1 saturated heterocycles. The van der Waals surface area contributed by atoms with E-state index in [0.717, 1.165) is 22.1 Å². The number of benzene rings is 1. The summed E-state index contributed by atoms with van der Waals surface area (Å²) in [4.78, 5) is 14.3. The Bertz CT molecular complexity index is 601. The summed E-state index contributed by atoms with van der Waals surface area (Å²) in [6.07, 6.45) is 0.245. The molecule has 2 heterocycles. The Kier molecular flexibility index (Phi) is 3.77. The summed E-state index contributed by atoms with van der Waals surface area (Å²) in [6, 6.07) is 5.97. The molecule has 1 aromatic rings. The minimum absolute atomic E-state index is 0.201. The molecule has 1 fully saturated rings. The number of nitrogens with zero attached hydrogens (tertiary/aromatic N) is 1. The fourth-order valence-electron chi connectivity index (χ4n) is 2.80. The van der Waals surface area contributed by atoms with E-state index in [1.165, 1.54) is 0 Å². The maximum absolute atomic E-state index is 12.6. The third kappa shape index (κ3) is 2.59. The van der Waals surface area contributed by atoms with Crippen LogP contribution in [0.1, 0.15) is 32.8 Å². The number of rotatable bonds is 0. The van der Waals surface area contributed by atoms with Gasteiger partial charge in [0, 0.05) is 4.47 Å². The lowest BCUT2D eigenvalue weighted by Gasteiger charge is -2.29. The monoisotopic (exact) mass is 465 g/mol. The van der Waals surface area contributed by atoms with Crippen LogP contribution in [0.5, 0.6) is 0 Å². The first-order chi connectivity index (χ1) is 9.72. The molecule has 3 rings (SSSR count). The molecule has 1 amide bonds. The predicted octanol–water partition coefficient (Wildman–Crippen LogP) is 4.58.